The topological polar surface area (TPSA) is 46.5 Å². The first-order chi connectivity index (χ1) is 8.72. The highest BCUT2D eigenvalue weighted by Gasteiger charge is 2.08. The Kier molecular flexibility index (Phi) is 3.75. The summed E-state index contributed by atoms with van der Waals surface area (Å²) in [7, 11) is 1.62. The van der Waals surface area contributed by atoms with Crippen molar-refractivity contribution in [1.82, 2.24) is 0 Å². The lowest BCUT2D eigenvalue weighted by Crippen LogP contribution is -1.98. The Labute approximate surface area is 105 Å². The summed E-state index contributed by atoms with van der Waals surface area (Å²) in [6, 6.07) is 11.1. The normalized spacial score (nSPS) is 11.2. The Hall–Kier alpha value is -2.13. The number of ether oxygens (including phenoxy) is 1. The van der Waals surface area contributed by atoms with Gasteiger partial charge in [-0.1, -0.05) is 36.4 Å². The molecule has 0 heterocycles. The van der Waals surface area contributed by atoms with Crippen LogP contribution in [0.25, 0.3) is 16.8 Å². The van der Waals surface area contributed by atoms with Crippen LogP contribution in [-0.2, 0) is 4.74 Å². The molecule has 1 N–H and O–H groups in total. The zero-order valence-corrected chi connectivity index (χ0v) is 10.1. The molecule has 0 bridgehead atoms. The SMILES string of the molecule is COCC=Cc1cc(C(=O)O)c2ccccc2c1. The van der Waals surface area contributed by atoms with Crippen molar-refractivity contribution < 1.29 is 14.6 Å². The van der Waals surface area contributed by atoms with Gasteiger partial charge in [0.05, 0.1) is 12.2 Å². The Bertz CT molecular complexity index is 600. The molecule has 0 aliphatic heterocycles. The van der Waals surface area contributed by atoms with Crippen molar-refractivity contribution in [2.75, 3.05) is 13.7 Å². The number of hydrogen-bond donors (Lipinski definition) is 1. The number of benzene rings is 2. The first-order valence-electron chi connectivity index (χ1n) is 5.64. The van der Waals surface area contributed by atoms with Crippen LogP contribution in [0.3, 0.4) is 0 Å². The zero-order chi connectivity index (χ0) is 13.0. The van der Waals surface area contributed by atoms with Crippen LogP contribution in [0.2, 0.25) is 0 Å². The molecule has 2 aromatic carbocycles. The molecule has 3 nitrogen and oxygen atoms in total. The van der Waals surface area contributed by atoms with E-state index in [1.807, 2.05) is 42.5 Å². The molecule has 0 unspecified atom stereocenters. The van der Waals surface area contributed by atoms with Crippen LogP contribution in [0.1, 0.15) is 15.9 Å². The third-order valence-corrected chi connectivity index (χ3v) is 2.69. The van der Waals surface area contributed by atoms with Gasteiger partial charge in [0.25, 0.3) is 0 Å². The second kappa shape index (κ2) is 5.47. The van der Waals surface area contributed by atoms with E-state index in [0.29, 0.717) is 12.2 Å². The summed E-state index contributed by atoms with van der Waals surface area (Å²) < 4.78 is 4.93. The van der Waals surface area contributed by atoms with Crippen molar-refractivity contribution in [2.24, 2.45) is 0 Å². The molecular formula is C15H14O3. The number of fused-ring (bicyclic) bond motifs is 1. The highest BCUT2D eigenvalue weighted by atomic mass is 16.5. The number of aromatic carboxylic acids is 1. The summed E-state index contributed by atoms with van der Waals surface area (Å²) in [6.45, 7) is 0.509. The maximum atomic E-state index is 11.2. The van der Waals surface area contributed by atoms with E-state index >= 15 is 0 Å². The molecule has 0 radical (unpaired) electrons. The van der Waals surface area contributed by atoms with E-state index in [9.17, 15) is 9.90 Å². The molecule has 0 spiro atoms. The van der Waals surface area contributed by atoms with E-state index in [1.165, 1.54) is 0 Å². The fraction of sp³-hybridized carbons (Fsp3) is 0.133. The van der Waals surface area contributed by atoms with Gasteiger partial charge < -0.3 is 9.84 Å². The summed E-state index contributed by atoms with van der Waals surface area (Å²) in [6.07, 6.45) is 3.72. The third kappa shape index (κ3) is 2.57. The third-order valence-electron chi connectivity index (χ3n) is 2.69. The second-order valence-corrected chi connectivity index (χ2v) is 3.95. The molecule has 0 aliphatic carbocycles. The maximum Gasteiger partial charge on any atom is 0.336 e. The summed E-state index contributed by atoms with van der Waals surface area (Å²) >= 11 is 0. The molecule has 0 aliphatic rings. The van der Waals surface area contributed by atoms with Crippen LogP contribution in [0.15, 0.2) is 42.5 Å². The fourth-order valence-corrected chi connectivity index (χ4v) is 1.89. The Morgan fingerprint density at radius 2 is 2.11 bits per heavy atom. The van der Waals surface area contributed by atoms with Gasteiger partial charge >= 0.3 is 5.97 Å². The van der Waals surface area contributed by atoms with Crippen molar-refractivity contribution in [1.29, 1.82) is 0 Å². The molecule has 0 amide bonds. The van der Waals surface area contributed by atoms with Crippen LogP contribution in [0.4, 0.5) is 0 Å². The van der Waals surface area contributed by atoms with E-state index in [0.717, 1.165) is 16.3 Å². The second-order valence-electron chi connectivity index (χ2n) is 3.95. The van der Waals surface area contributed by atoms with Gasteiger partial charge in [-0.2, -0.15) is 0 Å². The lowest BCUT2D eigenvalue weighted by molar-refractivity contribution is 0.0699. The van der Waals surface area contributed by atoms with Crippen LogP contribution in [0.5, 0.6) is 0 Å². The maximum absolute atomic E-state index is 11.2. The molecule has 0 atom stereocenters. The van der Waals surface area contributed by atoms with Crippen LogP contribution < -0.4 is 0 Å². The lowest BCUT2D eigenvalue weighted by atomic mass is 10.0. The van der Waals surface area contributed by atoms with Gasteiger partial charge in [-0.3, -0.25) is 0 Å². The minimum absolute atomic E-state index is 0.324. The fourth-order valence-electron chi connectivity index (χ4n) is 1.89. The summed E-state index contributed by atoms with van der Waals surface area (Å²) in [5.41, 5.74) is 1.19. The van der Waals surface area contributed by atoms with E-state index in [-0.39, 0.29) is 0 Å². The van der Waals surface area contributed by atoms with Crippen molar-refractivity contribution in [3.05, 3.63) is 53.6 Å². The van der Waals surface area contributed by atoms with Gasteiger partial charge in [0.1, 0.15) is 0 Å². The number of carbonyl (C=O) groups is 1. The zero-order valence-electron chi connectivity index (χ0n) is 10.1. The van der Waals surface area contributed by atoms with E-state index < -0.39 is 5.97 Å². The minimum Gasteiger partial charge on any atom is -0.478 e. The predicted octanol–water partition coefficient (Wildman–Crippen LogP) is 3.20. The van der Waals surface area contributed by atoms with Crippen molar-refractivity contribution in [2.45, 2.75) is 0 Å². The number of carboxylic acid groups (broad SMARTS) is 1. The average Bonchev–Trinajstić information content (AvgIpc) is 2.38. The van der Waals surface area contributed by atoms with Gasteiger partial charge in [-0.15, -0.1) is 0 Å². The monoisotopic (exact) mass is 242 g/mol. The highest BCUT2D eigenvalue weighted by Crippen LogP contribution is 2.22. The average molecular weight is 242 g/mol. The van der Waals surface area contributed by atoms with Gasteiger partial charge in [0.2, 0.25) is 0 Å². The summed E-state index contributed by atoms with van der Waals surface area (Å²) in [5, 5.41) is 10.9. The highest BCUT2D eigenvalue weighted by molar-refractivity contribution is 6.04. The van der Waals surface area contributed by atoms with Crippen molar-refractivity contribution in [3.8, 4) is 0 Å². The van der Waals surface area contributed by atoms with Crippen molar-refractivity contribution >= 4 is 22.8 Å². The van der Waals surface area contributed by atoms with E-state index in [4.69, 9.17) is 4.74 Å². The molecule has 0 saturated heterocycles. The Morgan fingerprint density at radius 1 is 1.33 bits per heavy atom. The first kappa shape index (κ1) is 12.3. The van der Waals surface area contributed by atoms with E-state index in [2.05, 4.69) is 0 Å². The number of rotatable bonds is 4. The van der Waals surface area contributed by atoms with Crippen LogP contribution in [-0.4, -0.2) is 24.8 Å². The number of methoxy groups -OCH3 is 1. The quantitative estimate of drug-likeness (QED) is 0.895. The van der Waals surface area contributed by atoms with Crippen LogP contribution >= 0.6 is 0 Å². The molecule has 3 heteroatoms. The summed E-state index contributed by atoms with van der Waals surface area (Å²) in [5.74, 6) is -0.909. The molecule has 0 aromatic heterocycles. The minimum atomic E-state index is -0.909. The predicted molar refractivity (Wildman–Crippen MR) is 71.8 cm³/mol. The largest absolute Gasteiger partial charge is 0.478 e. The molecule has 0 saturated carbocycles. The smallest absolute Gasteiger partial charge is 0.336 e. The summed E-state index contributed by atoms with van der Waals surface area (Å²) in [4.78, 5) is 11.2. The standard InChI is InChI=1S/C15H14O3/c1-18-8-4-5-11-9-12-6-2-3-7-13(12)14(10-11)15(16)17/h2-7,9-10H,8H2,1H3,(H,16,17). The first-order valence-corrected chi connectivity index (χ1v) is 5.64. The Balaban J connectivity index is 2.54. The molecular weight excluding hydrogens is 228 g/mol. The lowest BCUT2D eigenvalue weighted by Gasteiger charge is -2.04. The van der Waals surface area contributed by atoms with E-state index in [1.54, 1.807) is 13.2 Å². The molecule has 2 aromatic rings. The van der Waals surface area contributed by atoms with Gasteiger partial charge in [-0.05, 0) is 28.5 Å². The number of hydrogen-bond acceptors (Lipinski definition) is 2. The molecule has 2 rings (SSSR count). The molecule has 18 heavy (non-hydrogen) atoms. The van der Waals surface area contributed by atoms with Gasteiger partial charge in [0, 0.05) is 7.11 Å². The van der Waals surface area contributed by atoms with Crippen molar-refractivity contribution in [3.63, 3.8) is 0 Å². The molecule has 0 fully saturated rings. The number of carboxylic acids is 1. The molecule has 92 valence electrons. The van der Waals surface area contributed by atoms with Crippen LogP contribution in [0, 0.1) is 0 Å². The Morgan fingerprint density at radius 3 is 2.83 bits per heavy atom. The van der Waals surface area contributed by atoms with Gasteiger partial charge in [-0.25, -0.2) is 4.79 Å². The van der Waals surface area contributed by atoms with Gasteiger partial charge in [0.15, 0.2) is 0 Å².